The largest absolute Gasteiger partial charge is 0.484 e. The molecule has 0 aliphatic rings. The fourth-order valence-electron chi connectivity index (χ4n) is 1.85. The zero-order chi connectivity index (χ0) is 15.2. The Balaban J connectivity index is 1.91. The Bertz CT molecular complexity index is 563. The Hall–Kier alpha value is -1.88. The number of rotatable bonds is 7. The van der Waals surface area contributed by atoms with Crippen LogP contribution in [-0.4, -0.2) is 20.8 Å². The van der Waals surface area contributed by atoms with Gasteiger partial charge in [-0.05, 0) is 26.0 Å². The van der Waals surface area contributed by atoms with E-state index in [4.69, 9.17) is 4.74 Å². The average Bonchev–Trinajstić information content (AvgIpc) is 2.92. The van der Waals surface area contributed by atoms with E-state index in [1.54, 1.807) is 6.20 Å². The molecule has 0 bridgehead atoms. The predicted molar refractivity (Wildman–Crippen MR) is 83.2 cm³/mol. The van der Waals surface area contributed by atoms with Gasteiger partial charge in [0.2, 0.25) is 0 Å². The summed E-state index contributed by atoms with van der Waals surface area (Å²) in [5.74, 6) is 0.774. The fraction of sp³-hybridized carbons (Fsp3) is 0.500. The standard InChI is InChI=1S/C16H24N4O/c1-12(2)17-8-14-6-5-7-15(19-14)11-21-16-9-18-20(10-16)13(3)4/h5-7,9-10,12-13,17H,8,11H2,1-4H3. The van der Waals surface area contributed by atoms with Crippen molar-refractivity contribution in [1.29, 1.82) is 0 Å². The lowest BCUT2D eigenvalue weighted by Gasteiger charge is -2.09. The van der Waals surface area contributed by atoms with Crippen LogP contribution in [0.15, 0.2) is 30.6 Å². The molecule has 0 atom stereocenters. The van der Waals surface area contributed by atoms with Crippen LogP contribution in [0.1, 0.15) is 45.1 Å². The Labute approximate surface area is 126 Å². The molecule has 0 fully saturated rings. The van der Waals surface area contributed by atoms with Crippen LogP contribution < -0.4 is 10.1 Å². The minimum Gasteiger partial charge on any atom is -0.484 e. The van der Waals surface area contributed by atoms with E-state index in [0.29, 0.717) is 18.7 Å². The zero-order valence-electron chi connectivity index (χ0n) is 13.2. The van der Waals surface area contributed by atoms with E-state index in [-0.39, 0.29) is 0 Å². The number of ether oxygens (including phenoxy) is 1. The highest BCUT2D eigenvalue weighted by Crippen LogP contribution is 2.14. The zero-order valence-corrected chi connectivity index (χ0v) is 13.2. The molecule has 0 saturated heterocycles. The van der Waals surface area contributed by atoms with Crippen molar-refractivity contribution < 1.29 is 4.74 Å². The molecule has 0 amide bonds. The maximum absolute atomic E-state index is 5.74. The number of nitrogens with one attached hydrogen (secondary N) is 1. The van der Waals surface area contributed by atoms with Gasteiger partial charge < -0.3 is 10.1 Å². The molecule has 0 spiro atoms. The first kappa shape index (κ1) is 15.5. The number of hydrogen-bond acceptors (Lipinski definition) is 4. The molecule has 2 aromatic heterocycles. The topological polar surface area (TPSA) is 52.0 Å². The van der Waals surface area contributed by atoms with Gasteiger partial charge in [0.25, 0.3) is 0 Å². The lowest BCUT2D eigenvalue weighted by Crippen LogP contribution is -2.22. The van der Waals surface area contributed by atoms with Crippen molar-refractivity contribution in [2.75, 3.05) is 0 Å². The van der Waals surface area contributed by atoms with Crippen LogP contribution in [0.5, 0.6) is 5.75 Å². The van der Waals surface area contributed by atoms with Crippen LogP contribution in [0, 0.1) is 0 Å². The van der Waals surface area contributed by atoms with Gasteiger partial charge in [-0.1, -0.05) is 19.9 Å². The van der Waals surface area contributed by atoms with Crippen LogP contribution in [0.2, 0.25) is 0 Å². The van der Waals surface area contributed by atoms with Crippen molar-refractivity contribution in [1.82, 2.24) is 20.1 Å². The summed E-state index contributed by atoms with van der Waals surface area (Å²) in [5, 5.41) is 7.62. The fourth-order valence-corrected chi connectivity index (χ4v) is 1.85. The third-order valence-electron chi connectivity index (χ3n) is 3.05. The van der Waals surface area contributed by atoms with Gasteiger partial charge in [-0.2, -0.15) is 5.10 Å². The number of nitrogens with zero attached hydrogens (tertiary/aromatic N) is 3. The predicted octanol–water partition coefficient (Wildman–Crippen LogP) is 2.94. The third kappa shape index (κ3) is 4.86. The van der Waals surface area contributed by atoms with E-state index < -0.39 is 0 Å². The SMILES string of the molecule is CC(C)NCc1cccc(COc2cnn(C(C)C)c2)n1. The summed E-state index contributed by atoms with van der Waals surface area (Å²) in [6.07, 6.45) is 3.65. The first-order valence-corrected chi connectivity index (χ1v) is 7.39. The molecule has 21 heavy (non-hydrogen) atoms. The average molecular weight is 288 g/mol. The molecular formula is C16H24N4O. The molecule has 0 aromatic carbocycles. The maximum atomic E-state index is 5.74. The van der Waals surface area contributed by atoms with E-state index in [0.717, 1.165) is 23.7 Å². The monoisotopic (exact) mass is 288 g/mol. The summed E-state index contributed by atoms with van der Waals surface area (Å²) in [6.45, 7) is 9.65. The van der Waals surface area contributed by atoms with Gasteiger partial charge in [0, 0.05) is 18.6 Å². The minimum absolute atomic E-state index is 0.339. The van der Waals surface area contributed by atoms with Crippen molar-refractivity contribution in [2.45, 2.75) is 52.9 Å². The van der Waals surface area contributed by atoms with Crippen LogP contribution in [-0.2, 0) is 13.2 Å². The second kappa shape index (κ2) is 7.22. The van der Waals surface area contributed by atoms with E-state index >= 15 is 0 Å². The van der Waals surface area contributed by atoms with Crippen LogP contribution in [0.3, 0.4) is 0 Å². The van der Waals surface area contributed by atoms with E-state index in [1.165, 1.54) is 0 Å². The first-order chi connectivity index (χ1) is 10.0. The lowest BCUT2D eigenvalue weighted by atomic mass is 10.3. The van der Waals surface area contributed by atoms with Crippen molar-refractivity contribution in [2.24, 2.45) is 0 Å². The van der Waals surface area contributed by atoms with Crippen molar-refractivity contribution in [3.63, 3.8) is 0 Å². The summed E-state index contributed by atoms with van der Waals surface area (Å²) in [4.78, 5) is 4.59. The van der Waals surface area contributed by atoms with E-state index in [1.807, 2.05) is 29.1 Å². The first-order valence-electron chi connectivity index (χ1n) is 7.39. The summed E-state index contributed by atoms with van der Waals surface area (Å²) < 4.78 is 7.62. The van der Waals surface area contributed by atoms with Crippen LogP contribution in [0.4, 0.5) is 0 Å². The molecule has 5 heteroatoms. The molecule has 2 rings (SSSR count). The Morgan fingerprint density at radius 2 is 1.95 bits per heavy atom. The highest BCUT2D eigenvalue weighted by atomic mass is 16.5. The molecule has 2 heterocycles. The van der Waals surface area contributed by atoms with Crippen molar-refractivity contribution in [3.8, 4) is 5.75 Å². The van der Waals surface area contributed by atoms with Gasteiger partial charge in [0.05, 0.1) is 23.8 Å². The summed E-state index contributed by atoms with van der Waals surface area (Å²) in [6, 6.07) is 6.81. The minimum atomic E-state index is 0.339. The third-order valence-corrected chi connectivity index (χ3v) is 3.05. The van der Waals surface area contributed by atoms with E-state index in [2.05, 4.69) is 43.1 Å². The number of aromatic nitrogens is 3. The molecule has 0 unspecified atom stereocenters. The van der Waals surface area contributed by atoms with Gasteiger partial charge >= 0.3 is 0 Å². The molecule has 5 nitrogen and oxygen atoms in total. The molecule has 0 aliphatic heterocycles. The highest BCUT2D eigenvalue weighted by Gasteiger charge is 2.04. The lowest BCUT2D eigenvalue weighted by molar-refractivity contribution is 0.300. The Morgan fingerprint density at radius 1 is 1.19 bits per heavy atom. The molecule has 1 N–H and O–H groups in total. The highest BCUT2D eigenvalue weighted by molar-refractivity contribution is 5.15. The van der Waals surface area contributed by atoms with Crippen LogP contribution in [0.25, 0.3) is 0 Å². The second-order valence-electron chi connectivity index (χ2n) is 5.69. The van der Waals surface area contributed by atoms with Gasteiger partial charge in [-0.3, -0.25) is 9.67 Å². The second-order valence-corrected chi connectivity index (χ2v) is 5.69. The summed E-state index contributed by atoms with van der Waals surface area (Å²) >= 11 is 0. The quantitative estimate of drug-likeness (QED) is 0.851. The van der Waals surface area contributed by atoms with E-state index in [9.17, 15) is 0 Å². The van der Waals surface area contributed by atoms with Crippen molar-refractivity contribution in [3.05, 3.63) is 42.0 Å². The molecule has 0 saturated carbocycles. The summed E-state index contributed by atoms with van der Waals surface area (Å²) in [7, 11) is 0. The molecule has 0 radical (unpaired) electrons. The molecule has 0 aliphatic carbocycles. The van der Waals surface area contributed by atoms with Crippen LogP contribution >= 0.6 is 0 Å². The Kier molecular flexibility index (Phi) is 5.33. The molecule has 2 aromatic rings. The normalized spacial score (nSPS) is 11.3. The van der Waals surface area contributed by atoms with Gasteiger partial charge in [0.15, 0.2) is 5.75 Å². The molecule has 114 valence electrons. The number of pyridine rings is 1. The van der Waals surface area contributed by atoms with Crippen molar-refractivity contribution >= 4 is 0 Å². The van der Waals surface area contributed by atoms with Gasteiger partial charge in [-0.15, -0.1) is 0 Å². The smallest absolute Gasteiger partial charge is 0.157 e. The molecular weight excluding hydrogens is 264 g/mol. The van der Waals surface area contributed by atoms with Gasteiger partial charge in [-0.25, -0.2) is 0 Å². The Morgan fingerprint density at radius 3 is 2.62 bits per heavy atom. The maximum Gasteiger partial charge on any atom is 0.157 e. The number of hydrogen-bond donors (Lipinski definition) is 1. The summed E-state index contributed by atoms with van der Waals surface area (Å²) in [5.41, 5.74) is 1.96. The van der Waals surface area contributed by atoms with Gasteiger partial charge in [0.1, 0.15) is 6.61 Å².